The van der Waals surface area contributed by atoms with Gasteiger partial charge < -0.3 is 0 Å². The molecule has 0 saturated heterocycles. The first kappa shape index (κ1) is 46.2. The fourth-order valence-corrected chi connectivity index (χ4v) is 18.0. The first-order valence-electron chi connectivity index (χ1n) is 29.2. The van der Waals surface area contributed by atoms with Gasteiger partial charge in [-0.2, -0.15) is 0 Å². The minimum Gasteiger partial charge on any atom is -0.208 e. The molecule has 3 nitrogen and oxygen atoms in total. The van der Waals surface area contributed by atoms with E-state index in [4.69, 9.17) is 15.0 Å². The van der Waals surface area contributed by atoms with Crippen molar-refractivity contribution in [1.82, 2.24) is 15.0 Å². The van der Waals surface area contributed by atoms with Crippen molar-refractivity contribution >= 4 is 0 Å². The van der Waals surface area contributed by atoms with Crippen LogP contribution in [0.1, 0.15) is 96.1 Å². The van der Waals surface area contributed by atoms with Crippen LogP contribution < -0.4 is 0 Å². The van der Waals surface area contributed by atoms with Crippen LogP contribution in [-0.2, 0) is 16.2 Å². The second-order valence-electron chi connectivity index (χ2n) is 24.3. The van der Waals surface area contributed by atoms with Crippen LogP contribution in [0.3, 0.4) is 0 Å². The number of fused-ring (bicyclic) bond motifs is 16. The van der Waals surface area contributed by atoms with Gasteiger partial charge in [-0.05, 0) is 158 Å². The van der Waals surface area contributed by atoms with E-state index in [1.54, 1.807) is 27.8 Å². The molecule has 11 aromatic rings. The molecule has 7 atom stereocenters. The van der Waals surface area contributed by atoms with Crippen molar-refractivity contribution in [1.29, 1.82) is 0 Å². The van der Waals surface area contributed by atoms with E-state index in [0.717, 1.165) is 47.9 Å². The summed E-state index contributed by atoms with van der Waals surface area (Å²) in [7, 11) is 0. The Morgan fingerprint density at radius 2 is 0.625 bits per heavy atom. The van der Waals surface area contributed by atoms with Crippen molar-refractivity contribution in [2.75, 3.05) is 0 Å². The van der Waals surface area contributed by atoms with Crippen LogP contribution in [0.15, 0.2) is 249 Å². The summed E-state index contributed by atoms with van der Waals surface area (Å²) in [6.45, 7) is 0. The maximum atomic E-state index is 5.24. The number of benzene rings is 10. The summed E-state index contributed by atoms with van der Waals surface area (Å²) >= 11 is 0. The number of rotatable bonds is 5. The van der Waals surface area contributed by atoms with Crippen LogP contribution in [0.5, 0.6) is 0 Å². The van der Waals surface area contributed by atoms with E-state index >= 15 is 0 Å². The Balaban J connectivity index is 0.882. The van der Waals surface area contributed by atoms with Gasteiger partial charge in [-0.25, -0.2) is 15.0 Å². The summed E-state index contributed by atoms with van der Waals surface area (Å²) in [5, 5.41) is 0. The standard InChI is InChI=1S/C77H59N3/c1-3-18-49(19-4-1)50-34-38-53(39-35-50)72-78-71(52-20-5-2-6-21-52)79-73(80-72)54-40-36-51(37-41-54)61-30-17-33-69-70(61)66-29-12-9-22-58(66)55-42-43-75(69)45-56-46-77(68-32-16-14-28-65(68)62-25-10-7-23-59(56)62)48-57-47-76(44-55,74(75)77)67-31-15-13-27-64(67)63-26-11-8-24-60(57)63/h1-41,55-57,74H,42-48H2. The molecule has 7 unspecified atom stereocenters. The highest BCUT2D eigenvalue weighted by Gasteiger charge is 2.71. The maximum Gasteiger partial charge on any atom is 0.164 e. The molecule has 382 valence electrons. The van der Waals surface area contributed by atoms with Crippen LogP contribution in [-0.4, -0.2) is 15.0 Å². The molecule has 3 heteroatoms. The van der Waals surface area contributed by atoms with Gasteiger partial charge in [0.2, 0.25) is 0 Å². The average molecular weight is 1030 g/mol. The molecule has 80 heavy (non-hydrogen) atoms. The number of hydrogen-bond acceptors (Lipinski definition) is 3. The van der Waals surface area contributed by atoms with Gasteiger partial charge in [0.1, 0.15) is 0 Å². The van der Waals surface area contributed by atoms with E-state index in [1.165, 1.54) is 74.9 Å². The molecular formula is C77H59N3. The fourth-order valence-electron chi connectivity index (χ4n) is 18.0. The van der Waals surface area contributed by atoms with Gasteiger partial charge in [0.15, 0.2) is 17.5 Å². The molecule has 1 aromatic heterocycles. The van der Waals surface area contributed by atoms with E-state index in [0.29, 0.717) is 41.1 Å². The zero-order valence-electron chi connectivity index (χ0n) is 44.8. The third-order valence-electron chi connectivity index (χ3n) is 20.6. The smallest absolute Gasteiger partial charge is 0.164 e. The van der Waals surface area contributed by atoms with Crippen LogP contribution in [0.2, 0.25) is 0 Å². The Hall–Kier alpha value is -8.79. The van der Waals surface area contributed by atoms with Gasteiger partial charge in [0, 0.05) is 32.9 Å². The van der Waals surface area contributed by atoms with Crippen molar-refractivity contribution in [3.8, 4) is 89.8 Å². The molecule has 0 N–H and O–H groups in total. The third kappa shape index (κ3) is 6.70. The molecule has 10 aromatic carbocycles. The maximum absolute atomic E-state index is 5.24. The highest BCUT2D eigenvalue weighted by molar-refractivity contribution is 5.90. The minimum atomic E-state index is -0.149. The largest absolute Gasteiger partial charge is 0.208 e. The van der Waals surface area contributed by atoms with Gasteiger partial charge in [-0.1, -0.05) is 249 Å². The van der Waals surface area contributed by atoms with Gasteiger partial charge in [-0.3, -0.25) is 0 Å². The molecule has 3 spiro atoms. The highest BCUT2D eigenvalue weighted by Crippen LogP contribution is 2.78. The second-order valence-corrected chi connectivity index (χ2v) is 24.3. The predicted molar refractivity (Wildman–Crippen MR) is 325 cm³/mol. The molecular weight excluding hydrogens is 967 g/mol. The summed E-state index contributed by atoms with van der Waals surface area (Å²) in [5.41, 5.74) is 25.5. The fraction of sp³-hybridized carbons (Fsp3) is 0.182. The first-order valence-corrected chi connectivity index (χ1v) is 29.2. The molecule has 0 radical (unpaired) electrons. The molecule has 6 bridgehead atoms. The van der Waals surface area contributed by atoms with Crippen molar-refractivity contribution in [3.63, 3.8) is 0 Å². The summed E-state index contributed by atoms with van der Waals surface area (Å²) in [4.78, 5) is 15.6. The lowest BCUT2D eigenvalue weighted by Crippen LogP contribution is -2.64. The van der Waals surface area contributed by atoms with Gasteiger partial charge in [0.05, 0.1) is 0 Å². The third-order valence-corrected chi connectivity index (χ3v) is 20.6. The summed E-state index contributed by atoms with van der Waals surface area (Å²) < 4.78 is 0. The van der Waals surface area contributed by atoms with Crippen LogP contribution >= 0.6 is 0 Å². The van der Waals surface area contributed by atoms with E-state index in [-0.39, 0.29) is 16.2 Å². The zero-order valence-corrected chi connectivity index (χ0v) is 44.8. The normalized spacial score (nSPS) is 24.1. The van der Waals surface area contributed by atoms with E-state index in [2.05, 4.69) is 243 Å². The number of aromatic nitrogens is 3. The van der Waals surface area contributed by atoms with Gasteiger partial charge in [-0.15, -0.1) is 0 Å². The molecule has 3 fully saturated rings. The Morgan fingerprint density at radius 1 is 0.263 bits per heavy atom. The topological polar surface area (TPSA) is 38.7 Å². The SMILES string of the molecule is c1ccc(-c2ccc(-c3nc(-c4ccccc4)nc(-c4ccc(-c5cccc6c5-c5ccccc5C5CCC67CC6CC8(CC9CC(C5)(c5ccccc5-c5ccccc59)C87)c5ccccc5-c5ccccc56)cc4)n3)cc2)cc1. The molecule has 17 rings (SSSR count). The number of nitrogens with zero attached hydrogens (tertiary/aromatic N) is 3. The lowest BCUT2D eigenvalue weighted by atomic mass is 9.36. The lowest BCUT2D eigenvalue weighted by Gasteiger charge is -2.67. The predicted octanol–water partition coefficient (Wildman–Crippen LogP) is 19.0. The first-order chi connectivity index (χ1) is 39.6. The van der Waals surface area contributed by atoms with Crippen molar-refractivity contribution in [2.24, 2.45) is 5.92 Å². The Morgan fingerprint density at radius 3 is 1.18 bits per heavy atom. The van der Waals surface area contributed by atoms with Crippen molar-refractivity contribution < 1.29 is 0 Å². The Bertz CT molecular complexity index is 4260. The summed E-state index contributed by atoms with van der Waals surface area (Å²) in [6, 6.07) is 94.6. The molecule has 0 amide bonds. The monoisotopic (exact) mass is 1030 g/mol. The van der Waals surface area contributed by atoms with E-state index < -0.39 is 0 Å². The van der Waals surface area contributed by atoms with Crippen molar-refractivity contribution in [3.05, 3.63) is 282 Å². The van der Waals surface area contributed by atoms with Crippen LogP contribution in [0, 0.1) is 5.92 Å². The van der Waals surface area contributed by atoms with Crippen LogP contribution in [0.25, 0.3) is 89.8 Å². The molecule has 0 aliphatic heterocycles. The molecule has 3 saturated carbocycles. The average Bonchev–Trinajstić information content (AvgIpc) is 3.95. The summed E-state index contributed by atoms with van der Waals surface area (Å²) in [6.07, 6.45) is 8.13. The summed E-state index contributed by atoms with van der Waals surface area (Å²) in [5.74, 6) is 3.54. The van der Waals surface area contributed by atoms with E-state index in [1.807, 2.05) is 6.07 Å². The number of hydrogen-bond donors (Lipinski definition) is 0. The van der Waals surface area contributed by atoms with E-state index in [9.17, 15) is 0 Å². The quantitative estimate of drug-likeness (QED) is 0.172. The molecule has 1 heterocycles. The highest BCUT2D eigenvalue weighted by atomic mass is 15.0. The molecule has 6 aliphatic carbocycles. The second kappa shape index (κ2) is 17.6. The minimum absolute atomic E-state index is 0.0989. The van der Waals surface area contributed by atoms with Crippen molar-refractivity contribution in [2.45, 2.75) is 78.9 Å². The van der Waals surface area contributed by atoms with Gasteiger partial charge >= 0.3 is 0 Å². The molecule has 6 aliphatic rings. The van der Waals surface area contributed by atoms with Gasteiger partial charge in [0.25, 0.3) is 0 Å². The Kier molecular flexibility index (Phi) is 10.2. The van der Waals surface area contributed by atoms with Crippen LogP contribution in [0.4, 0.5) is 0 Å². The zero-order chi connectivity index (χ0) is 52.6. The lowest BCUT2D eigenvalue weighted by molar-refractivity contribution is -0.0410. The Labute approximate surface area is 469 Å².